The Labute approximate surface area is 149 Å². The molecule has 0 atom stereocenters. The molecule has 24 heavy (non-hydrogen) atoms. The highest BCUT2D eigenvalue weighted by molar-refractivity contribution is 9.10. The van der Waals surface area contributed by atoms with E-state index in [1.54, 1.807) is 18.2 Å². The van der Waals surface area contributed by atoms with Gasteiger partial charge in [-0.3, -0.25) is 0 Å². The highest BCUT2D eigenvalue weighted by atomic mass is 79.9. The lowest BCUT2D eigenvalue weighted by Crippen LogP contribution is -1.89. The molecule has 0 nitrogen and oxygen atoms in total. The van der Waals surface area contributed by atoms with Crippen LogP contribution in [-0.4, -0.2) is 0 Å². The van der Waals surface area contributed by atoms with E-state index in [9.17, 15) is 8.78 Å². The third kappa shape index (κ3) is 3.57. The van der Waals surface area contributed by atoms with Crippen LogP contribution in [0.15, 0.2) is 65.1 Å². The summed E-state index contributed by atoms with van der Waals surface area (Å²) in [6.07, 6.45) is 2.11. The van der Waals surface area contributed by atoms with Crippen molar-refractivity contribution in [2.45, 2.75) is 19.8 Å². The summed E-state index contributed by atoms with van der Waals surface area (Å²) < 4.78 is 28.6. The maximum atomic E-state index is 14.5. The van der Waals surface area contributed by atoms with Gasteiger partial charge in [0.15, 0.2) is 0 Å². The normalized spacial score (nSPS) is 10.8. The van der Waals surface area contributed by atoms with E-state index < -0.39 is 0 Å². The molecule has 0 aromatic heterocycles. The first-order valence-corrected chi connectivity index (χ1v) is 8.72. The molecule has 3 heteroatoms. The summed E-state index contributed by atoms with van der Waals surface area (Å²) in [5.74, 6) is -0.664. The molecule has 0 aliphatic heterocycles. The Morgan fingerprint density at radius 2 is 1.33 bits per heavy atom. The highest BCUT2D eigenvalue weighted by Crippen LogP contribution is 2.30. The molecule has 3 rings (SSSR count). The molecule has 0 bridgehead atoms. The monoisotopic (exact) mass is 386 g/mol. The Bertz CT molecular complexity index is 854. The van der Waals surface area contributed by atoms with Gasteiger partial charge in [-0.05, 0) is 62.8 Å². The zero-order valence-electron chi connectivity index (χ0n) is 13.3. The fraction of sp³-hybridized carbons (Fsp3) is 0.143. The summed E-state index contributed by atoms with van der Waals surface area (Å²) in [6, 6.07) is 17.8. The van der Waals surface area contributed by atoms with E-state index in [0.29, 0.717) is 21.2 Å². The van der Waals surface area contributed by atoms with Crippen molar-refractivity contribution in [1.82, 2.24) is 0 Å². The molecule has 0 saturated heterocycles. The van der Waals surface area contributed by atoms with E-state index in [0.717, 1.165) is 18.4 Å². The van der Waals surface area contributed by atoms with Gasteiger partial charge in [0.25, 0.3) is 0 Å². The van der Waals surface area contributed by atoms with Crippen LogP contribution < -0.4 is 0 Å². The van der Waals surface area contributed by atoms with E-state index in [1.165, 1.54) is 17.7 Å². The fourth-order valence-electron chi connectivity index (χ4n) is 2.74. The molecular formula is C21H17BrF2. The third-order valence-electron chi connectivity index (χ3n) is 4.03. The number of hydrogen-bond donors (Lipinski definition) is 0. The Morgan fingerprint density at radius 3 is 1.92 bits per heavy atom. The van der Waals surface area contributed by atoms with Crippen LogP contribution in [0.2, 0.25) is 0 Å². The van der Waals surface area contributed by atoms with Crippen LogP contribution in [-0.2, 0) is 6.42 Å². The van der Waals surface area contributed by atoms with Gasteiger partial charge in [0, 0.05) is 5.56 Å². The summed E-state index contributed by atoms with van der Waals surface area (Å²) in [5, 5.41) is 0. The van der Waals surface area contributed by atoms with Gasteiger partial charge in [0.1, 0.15) is 11.6 Å². The molecule has 3 aromatic rings. The van der Waals surface area contributed by atoms with Gasteiger partial charge in [-0.15, -0.1) is 0 Å². The molecule has 0 saturated carbocycles. The molecule has 0 unspecified atom stereocenters. The maximum Gasteiger partial charge on any atom is 0.137 e. The summed E-state index contributed by atoms with van der Waals surface area (Å²) in [5.41, 5.74) is 3.97. The van der Waals surface area contributed by atoms with Crippen LogP contribution >= 0.6 is 15.9 Å². The molecule has 0 N–H and O–H groups in total. The van der Waals surface area contributed by atoms with Crippen LogP contribution in [0, 0.1) is 11.6 Å². The minimum atomic E-state index is -0.358. The first-order chi connectivity index (χ1) is 11.6. The second-order valence-corrected chi connectivity index (χ2v) is 6.62. The molecule has 0 amide bonds. The molecule has 0 fully saturated rings. The third-order valence-corrected chi connectivity index (χ3v) is 4.67. The Morgan fingerprint density at radius 1 is 0.750 bits per heavy atom. The zero-order chi connectivity index (χ0) is 17.1. The number of aryl methyl sites for hydroxylation is 1. The number of hydrogen-bond acceptors (Lipinski definition) is 0. The Hall–Kier alpha value is -2.00. The van der Waals surface area contributed by atoms with Crippen molar-refractivity contribution in [1.29, 1.82) is 0 Å². The van der Waals surface area contributed by atoms with Crippen molar-refractivity contribution >= 4 is 15.9 Å². The standard InChI is InChI=1S/C21H17BrF2/c1-2-3-14-4-6-15(7-5-14)18-10-8-16(12-20(18)23)17-9-11-19(22)21(24)13-17/h4-13H,2-3H2,1H3. The predicted octanol–water partition coefficient (Wildman–Crippen LogP) is 7.01. The molecule has 0 aliphatic carbocycles. The first kappa shape index (κ1) is 16.8. The van der Waals surface area contributed by atoms with Crippen molar-refractivity contribution < 1.29 is 8.78 Å². The van der Waals surface area contributed by atoms with Gasteiger partial charge < -0.3 is 0 Å². The van der Waals surface area contributed by atoms with E-state index in [-0.39, 0.29) is 11.6 Å². The van der Waals surface area contributed by atoms with Crippen molar-refractivity contribution in [3.63, 3.8) is 0 Å². The van der Waals surface area contributed by atoms with Gasteiger partial charge in [-0.2, -0.15) is 0 Å². The van der Waals surface area contributed by atoms with Crippen LogP contribution in [0.5, 0.6) is 0 Å². The maximum absolute atomic E-state index is 14.5. The zero-order valence-corrected chi connectivity index (χ0v) is 14.9. The van der Waals surface area contributed by atoms with E-state index in [2.05, 4.69) is 22.9 Å². The molecule has 0 radical (unpaired) electrons. The SMILES string of the molecule is CCCc1ccc(-c2ccc(-c3ccc(Br)c(F)c3)cc2F)cc1. The van der Waals surface area contributed by atoms with Crippen molar-refractivity contribution in [3.05, 3.63) is 82.3 Å². The summed E-state index contributed by atoms with van der Waals surface area (Å²) in [7, 11) is 0. The molecular weight excluding hydrogens is 370 g/mol. The smallest absolute Gasteiger partial charge is 0.137 e. The van der Waals surface area contributed by atoms with Gasteiger partial charge in [-0.25, -0.2) is 8.78 Å². The lowest BCUT2D eigenvalue weighted by Gasteiger charge is -2.08. The molecule has 0 spiro atoms. The fourth-order valence-corrected chi connectivity index (χ4v) is 2.99. The summed E-state index contributed by atoms with van der Waals surface area (Å²) in [4.78, 5) is 0. The number of benzene rings is 3. The lowest BCUT2D eigenvalue weighted by molar-refractivity contribution is 0.621. The average molecular weight is 387 g/mol. The minimum Gasteiger partial charge on any atom is -0.206 e. The quantitative estimate of drug-likeness (QED) is 0.452. The van der Waals surface area contributed by atoms with Crippen molar-refractivity contribution in [2.75, 3.05) is 0 Å². The van der Waals surface area contributed by atoms with Gasteiger partial charge >= 0.3 is 0 Å². The summed E-state index contributed by atoms with van der Waals surface area (Å²) in [6.45, 7) is 2.14. The number of rotatable bonds is 4. The Balaban J connectivity index is 1.93. The topological polar surface area (TPSA) is 0 Å². The second-order valence-electron chi connectivity index (χ2n) is 5.77. The summed E-state index contributed by atoms with van der Waals surface area (Å²) >= 11 is 3.13. The van der Waals surface area contributed by atoms with Gasteiger partial charge in [0.2, 0.25) is 0 Å². The van der Waals surface area contributed by atoms with Gasteiger partial charge in [-0.1, -0.05) is 55.8 Å². The number of halogens is 3. The second kappa shape index (κ2) is 7.27. The predicted molar refractivity (Wildman–Crippen MR) is 98.9 cm³/mol. The van der Waals surface area contributed by atoms with E-state index in [4.69, 9.17) is 0 Å². The van der Waals surface area contributed by atoms with E-state index in [1.807, 2.05) is 30.3 Å². The van der Waals surface area contributed by atoms with Crippen LogP contribution in [0.3, 0.4) is 0 Å². The van der Waals surface area contributed by atoms with Crippen molar-refractivity contribution in [3.8, 4) is 22.3 Å². The molecule has 0 heterocycles. The molecule has 122 valence electrons. The average Bonchev–Trinajstić information content (AvgIpc) is 2.58. The van der Waals surface area contributed by atoms with Crippen molar-refractivity contribution in [2.24, 2.45) is 0 Å². The minimum absolute atomic E-state index is 0.306. The molecule has 0 aliphatic rings. The van der Waals surface area contributed by atoms with Crippen LogP contribution in [0.1, 0.15) is 18.9 Å². The first-order valence-electron chi connectivity index (χ1n) is 7.93. The highest BCUT2D eigenvalue weighted by Gasteiger charge is 2.09. The molecule has 3 aromatic carbocycles. The lowest BCUT2D eigenvalue weighted by atomic mass is 9.98. The van der Waals surface area contributed by atoms with E-state index >= 15 is 0 Å². The Kier molecular flexibility index (Phi) is 5.10. The van der Waals surface area contributed by atoms with Crippen LogP contribution in [0.25, 0.3) is 22.3 Å². The van der Waals surface area contributed by atoms with Gasteiger partial charge in [0.05, 0.1) is 4.47 Å². The van der Waals surface area contributed by atoms with Crippen LogP contribution in [0.4, 0.5) is 8.78 Å². The largest absolute Gasteiger partial charge is 0.206 e.